The summed E-state index contributed by atoms with van der Waals surface area (Å²) >= 11 is 0. The Morgan fingerprint density at radius 2 is 2.00 bits per heavy atom. The number of carbonyl (C=O) groups excluding carboxylic acids is 2. The quantitative estimate of drug-likeness (QED) is 0.885. The average Bonchev–Trinajstić information content (AvgIpc) is 2.30. The minimum Gasteiger partial charge on any atom is -0.338 e. The van der Waals surface area contributed by atoms with E-state index in [4.69, 9.17) is 0 Å². The second-order valence-corrected chi connectivity index (χ2v) is 5.33. The highest BCUT2D eigenvalue weighted by molar-refractivity contribution is 5.95. The van der Waals surface area contributed by atoms with E-state index >= 15 is 0 Å². The van der Waals surface area contributed by atoms with E-state index in [1.54, 1.807) is 4.90 Å². The van der Waals surface area contributed by atoms with Crippen LogP contribution in [0.3, 0.4) is 0 Å². The first-order valence-electron chi connectivity index (χ1n) is 6.55. The molecule has 1 heterocycles. The van der Waals surface area contributed by atoms with Crippen molar-refractivity contribution in [2.24, 2.45) is 5.92 Å². The molecule has 1 N–H and O–H groups in total. The van der Waals surface area contributed by atoms with Crippen LogP contribution in [0.5, 0.6) is 0 Å². The molecular weight excluding hydrogens is 240 g/mol. The molecule has 1 aliphatic heterocycles. The Labute approximate surface area is 113 Å². The van der Waals surface area contributed by atoms with Crippen molar-refractivity contribution >= 4 is 17.5 Å². The molecule has 4 heteroatoms. The van der Waals surface area contributed by atoms with Crippen LogP contribution in [0.1, 0.15) is 25.0 Å². The lowest BCUT2D eigenvalue weighted by Crippen LogP contribution is -2.60. The molecule has 1 aliphatic rings. The molecule has 0 bridgehead atoms. The zero-order chi connectivity index (χ0) is 14.2. The summed E-state index contributed by atoms with van der Waals surface area (Å²) in [6.45, 7) is 7.98. The molecule has 0 radical (unpaired) electrons. The number of nitrogens with zero attached hydrogens (tertiary/aromatic N) is 1. The number of carbonyl (C=O) groups is 2. The minimum atomic E-state index is -0.107. The lowest BCUT2D eigenvalue weighted by atomic mass is 9.89. The molecule has 1 fully saturated rings. The van der Waals surface area contributed by atoms with Gasteiger partial charge in [-0.15, -0.1) is 0 Å². The van der Waals surface area contributed by atoms with E-state index in [2.05, 4.69) is 5.32 Å². The topological polar surface area (TPSA) is 49.4 Å². The van der Waals surface area contributed by atoms with Gasteiger partial charge < -0.3 is 10.2 Å². The lowest BCUT2D eigenvalue weighted by molar-refractivity contribution is -0.145. The van der Waals surface area contributed by atoms with E-state index < -0.39 is 0 Å². The summed E-state index contributed by atoms with van der Waals surface area (Å²) in [4.78, 5) is 25.1. The van der Waals surface area contributed by atoms with Gasteiger partial charge in [0, 0.05) is 25.2 Å². The Morgan fingerprint density at radius 1 is 1.32 bits per heavy atom. The second-order valence-electron chi connectivity index (χ2n) is 5.33. The molecule has 1 saturated heterocycles. The monoisotopic (exact) mass is 260 g/mol. The summed E-state index contributed by atoms with van der Waals surface area (Å²) in [6, 6.07) is 5.94. The third-order valence-corrected chi connectivity index (χ3v) is 3.85. The minimum absolute atomic E-state index is 0.00282. The van der Waals surface area contributed by atoms with Gasteiger partial charge in [0.25, 0.3) is 0 Å². The average molecular weight is 260 g/mol. The number of hydrogen-bond acceptors (Lipinski definition) is 2. The third kappa shape index (κ3) is 2.62. The van der Waals surface area contributed by atoms with Crippen molar-refractivity contribution in [3.05, 3.63) is 29.3 Å². The van der Waals surface area contributed by atoms with Crippen LogP contribution >= 0.6 is 0 Å². The summed E-state index contributed by atoms with van der Waals surface area (Å²) in [5.74, 6) is -0.0791. The molecular formula is C15H20N2O2. The van der Waals surface area contributed by atoms with Gasteiger partial charge in [0.1, 0.15) is 0 Å². The third-order valence-electron chi connectivity index (χ3n) is 3.85. The van der Waals surface area contributed by atoms with Gasteiger partial charge in [-0.3, -0.25) is 9.59 Å². The number of benzene rings is 1. The van der Waals surface area contributed by atoms with Crippen LogP contribution in [0.4, 0.5) is 5.69 Å². The van der Waals surface area contributed by atoms with Gasteiger partial charge in [-0.25, -0.2) is 0 Å². The van der Waals surface area contributed by atoms with Crippen molar-refractivity contribution in [3.8, 4) is 0 Å². The van der Waals surface area contributed by atoms with Crippen LogP contribution in [-0.2, 0) is 9.59 Å². The first-order valence-corrected chi connectivity index (χ1v) is 6.55. The molecule has 2 rings (SSSR count). The van der Waals surface area contributed by atoms with E-state index in [0.717, 1.165) is 11.3 Å². The highest BCUT2D eigenvalue weighted by Crippen LogP contribution is 2.26. The molecule has 2 unspecified atom stereocenters. The summed E-state index contributed by atoms with van der Waals surface area (Å²) in [6.07, 6.45) is 0. The predicted octanol–water partition coefficient (Wildman–Crippen LogP) is 2.11. The Bertz CT molecular complexity index is 525. The highest BCUT2D eigenvalue weighted by Gasteiger charge is 2.41. The van der Waals surface area contributed by atoms with Gasteiger partial charge in [0.15, 0.2) is 0 Å². The number of hydrogen-bond donors (Lipinski definition) is 1. The van der Waals surface area contributed by atoms with Gasteiger partial charge in [-0.05, 0) is 32.4 Å². The van der Waals surface area contributed by atoms with Gasteiger partial charge >= 0.3 is 0 Å². The fourth-order valence-corrected chi connectivity index (χ4v) is 2.51. The zero-order valence-electron chi connectivity index (χ0n) is 11.9. The van der Waals surface area contributed by atoms with Crippen molar-refractivity contribution in [1.29, 1.82) is 0 Å². The molecule has 102 valence electrons. The van der Waals surface area contributed by atoms with Crippen molar-refractivity contribution < 1.29 is 9.59 Å². The number of rotatable bonds is 2. The molecule has 1 aromatic rings. The predicted molar refractivity (Wildman–Crippen MR) is 74.9 cm³/mol. The van der Waals surface area contributed by atoms with Crippen LogP contribution in [0, 0.1) is 19.8 Å². The number of likely N-dealkylation sites (tertiary alicyclic amines) is 1. The van der Waals surface area contributed by atoms with Gasteiger partial charge in [-0.2, -0.15) is 0 Å². The van der Waals surface area contributed by atoms with E-state index in [0.29, 0.717) is 6.54 Å². The van der Waals surface area contributed by atoms with Crippen molar-refractivity contribution in [1.82, 2.24) is 4.90 Å². The molecule has 2 atom stereocenters. The smallest absolute Gasteiger partial charge is 0.231 e. The molecule has 2 amide bonds. The van der Waals surface area contributed by atoms with E-state index in [-0.39, 0.29) is 23.8 Å². The molecule has 0 aliphatic carbocycles. The van der Waals surface area contributed by atoms with Crippen LogP contribution in [0.25, 0.3) is 0 Å². The zero-order valence-corrected chi connectivity index (χ0v) is 11.9. The maximum atomic E-state index is 12.2. The summed E-state index contributed by atoms with van der Waals surface area (Å²) in [5.41, 5.74) is 3.09. The van der Waals surface area contributed by atoms with E-state index in [9.17, 15) is 9.59 Å². The fourth-order valence-electron chi connectivity index (χ4n) is 2.51. The number of amides is 2. The van der Waals surface area contributed by atoms with Gasteiger partial charge in [0.05, 0.1) is 5.92 Å². The number of nitrogens with one attached hydrogen (secondary N) is 1. The molecule has 1 aromatic carbocycles. The number of anilines is 1. The maximum absolute atomic E-state index is 12.2. The molecule has 19 heavy (non-hydrogen) atoms. The number of aryl methyl sites for hydroxylation is 2. The summed E-state index contributed by atoms with van der Waals surface area (Å²) < 4.78 is 0. The van der Waals surface area contributed by atoms with E-state index in [1.807, 2.05) is 39.0 Å². The SMILES string of the molecule is CC(=O)N1CC(C(=O)Nc2ccc(C)cc2C)C1C. The standard InChI is InChI=1S/C15H20N2O2/c1-9-5-6-14(10(2)7-9)16-15(19)13-8-17(11(13)3)12(4)18/h5-7,11,13H,8H2,1-4H3,(H,16,19). The van der Waals surface area contributed by atoms with Crippen molar-refractivity contribution in [2.45, 2.75) is 33.7 Å². The molecule has 4 nitrogen and oxygen atoms in total. The first-order chi connectivity index (χ1) is 8.90. The lowest BCUT2D eigenvalue weighted by Gasteiger charge is -2.44. The Kier molecular flexibility index (Phi) is 3.60. The van der Waals surface area contributed by atoms with Gasteiger partial charge in [-0.1, -0.05) is 17.7 Å². The fraction of sp³-hybridized carbons (Fsp3) is 0.467. The summed E-state index contributed by atoms with van der Waals surface area (Å²) in [5, 5.41) is 2.95. The largest absolute Gasteiger partial charge is 0.338 e. The van der Waals surface area contributed by atoms with Crippen molar-refractivity contribution in [3.63, 3.8) is 0 Å². The normalized spacial score (nSPS) is 21.8. The Balaban J connectivity index is 2.01. The van der Waals surface area contributed by atoms with Crippen molar-refractivity contribution in [2.75, 3.05) is 11.9 Å². The Hall–Kier alpha value is -1.84. The Morgan fingerprint density at radius 3 is 2.53 bits per heavy atom. The molecule has 0 saturated carbocycles. The van der Waals surface area contributed by atoms with Crippen LogP contribution < -0.4 is 5.32 Å². The summed E-state index contributed by atoms with van der Waals surface area (Å²) in [7, 11) is 0. The van der Waals surface area contributed by atoms with Crippen LogP contribution in [0.2, 0.25) is 0 Å². The van der Waals surface area contributed by atoms with Crippen LogP contribution in [0.15, 0.2) is 18.2 Å². The highest BCUT2D eigenvalue weighted by atomic mass is 16.2. The molecule has 0 spiro atoms. The second kappa shape index (κ2) is 5.03. The maximum Gasteiger partial charge on any atom is 0.231 e. The first kappa shape index (κ1) is 13.6. The van der Waals surface area contributed by atoms with Gasteiger partial charge in [0.2, 0.25) is 11.8 Å². The van der Waals surface area contributed by atoms with E-state index in [1.165, 1.54) is 12.5 Å². The molecule has 0 aromatic heterocycles. The van der Waals surface area contributed by atoms with Crippen LogP contribution in [-0.4, -0.2) is 29.3 Å².